The number of aromatic nitrogens is 3. The molecule has 2 heterocycles. The summed E-state index contributed by atoms with van der Waals surface area (Å²) in [6.45, 7) is 0. The van der Waals surface area contributed by atoms with Crippen molar-refractivity contribution >= 4 is 64.9 Å². The third-order valence-electron chi connectivity index (χ3n) is 14.4. The Labute approximate surface area is 411 Å². The Hall–Kier alpha value is -9.44. The minimum Gasteiger partial charge on any atom is -0.309 e. The Morgan fingerprint density at radius 2 is 0.775 bits per heavy atom. The van der Waals surface area contributed by atoms with Gasteiger partial charge < -0.3 is 4.57 Å². The zero-order valence-corrected chi connectivity index (χ0v) is 38.7. The van der Waals surface area contributed by atoms with E-state index in [1.165, 1.54) is 87.1 Å². The van der Waals surface area contributed by atoms with Gasteiger partial charge in [0.15, 0.2) is 5.82 Å². The van der Waals surface area contributed by atoms with Gasteiger partial charge >= 0.3 is 0 Å². The zero-order chi connectivity index (χ0) is 46.8. The second-order valence-electron chi connectivity index (χ2n) is 18.5. The van der Waals surface area contributed by atoms with Crippen molar-refractivity contribution in [2.24, 2.45) is 0 Å². The van der Waals surface area contributed by atoms with Crippen LogP contribution in [0.1, 0.15) is 0 Å². The molecule has 0 saturated carbocycles. The highest BCUT2D eigenvalue weighted by atomic mass is 15.0. The van der Waals surface area contributed by atoms with Gasteiger partial charge in [0.2, 0.25) is 0 Å². The van der Waals surface area contributed by atoms with Gasteiger partial charge in [-0.15, -0.1) is 0 Å². The van der Waals surface area contributed by atoms with Crippen LogP contribution in [0.2, 0.25) is 0 Å². The van der Waals surface area contributed by atoms with Crippen LogP contribution in [0.4, 0.5) is 0 Å². The summed E-state index contributed by atoms with van der Waals surface area (Å²) in [4.78, 5) is 10.4. The van der Waals surface area contributed by atoms with Gasteiger partial charge in [-0.05, 0) is 113 Å². The Kier molecular flexibility index (Phi) is 9.53. The fraction of sp³-hybridized carbons (Fsp3) is 0. The van der Waals surface area contributed by atoms with E-state index >= 15 is 0 Å². The number of hydrogen-bond donors (Lipinski definition) is 0. The summed E-state index contributed by atoms with van der Waals surface area (Å²) < 4.78 is 2.35. The lowest BCUT2D eigenvalue weighted by atomic mass is 9.86. The van der Waals surface area contributed by atoms with Crippen molar-refractivity contribution in [1.29, 1.82) is 0 Å². The summed E-state index contributed by atoms with van der Waals surface area (Å²) in [5, 5.41) is 12.6. The van der Waals surface area contributed by atoms with Crippen molar-refractivity contribution in [3.63, 3.8) is 0 Å². The lowest BCUT2D eigenvalue weighted by Gasteiger charge is -2.17. The Morgan fingerprint density at radius 1 is 0.254 bits per heavy atom. The maximum atomic E-state index is 5.20. The smallest absolute Gasteiger partial charge is 0.160 e. The molecule has 14 aromatic rings. The summed E-state index contributed by atoms with van der Waals surface area (Å²) in [7, 11) is 0. The van der Waals surface area contributed by atoms with E-state index in [4.69, 9.17) is 9.97 Å². The first kappa shape index (κ1) is 40.6. The standard InChI is InChI=1S/C68H43N3/c1-2-16-49(17-3-1)68-69-63(43-64(70-68)51-19-14-20-52(41-51)71-65-27-12-10-25-58(65)59-26-11-13-28-66(59)71)48-35-31-45(32-36-48)44-29-33-47(34-30-44)54-39-40-60(57-24-9-8-23-56(54)57)67-55-22-7-5-18-50(55)42-62-53-21-6-4-15-46(53)37-38-61(62)67/h1-43H. The molecule has 14 rings (SSSR count). The third kappa shape index (κ3) is 6.89. The lowest BCUT2D eigenvalue weighted by molar-refractivity contribution is 1.16. The normalized spacial score (nSPS) is 11.7. The minimum atomic E-state index is 0.694. The van der Waals surface area contributed by atoms with Gasteiger partial charge in [0, 0.05) is 33.2 Å². The second-order valence-corrected chi connectivity index (χ2v) is 18.5. The van der Waals surface area contributed by atoms with Crippen LogP contribution in [-0.4, -0.2) is 14.5 Å². The SMILES string of the molecule is c1ccc(-c2nc(-c3ccc(-c4ccc(-c5ccc(-c6c7ccccc7cc7c6ccc6ccccc67)c6ccccc56)cc4)cc3)cc(-c3cccc(-n4c5ccccc5c5ccccc54)c3)n2)cc1. The molecule has 0 spiro atoms. The van der Waals surface area contributed by atoms with Crippen molar-refractivity contribution in [3.8, 4) is 73.0 Å². The van der Waals surface area contributed by atoms with Gasteiger partial charge in [-0.25, -0.2) is 9.97 Å². The number of benzene rings is 12. The Bertz CT molecular complexity index is 4320. The average molecular weight is 902 g/mol. The van der Waals surface area contributed by atoms with Crippen molar-refractivity contribution in [1.82, 2.24) is 14.5 Å². The van der Waals surface area contributed by atoms with Gasteiger partial charge in [0.25, 0.3) is 0 Å². The number of para-hydroxylation sites is 2. The maximum Gasteiger partial charge on any atom is 0.160 e. The molecular weight excluding hydrogens is 859 g/mol. The number of rotatable bonds is 7. The number of fused-ring (bicyclic) bond motifs is 8. The highest BCUT2D eigenvalue weighted by Crippen LogP contribution is 2.44. The first-order valence-electron chi connectivity index (χ1n) is 24.3. The monoisotopic (exact) mass is 901 g/mol. The summed E-state index contributed by atoms with van der Waals surface area (Å²) in [5.41, 5.74) is 15.5. The van der Waals surface area contributed by atoms with Gasteiger partial charge in [0.1, 0.15) is 0 Å². The fourth-order valence-corrected chi connectivity index (χ4v) is 11.0. The molecule has 71 heavy (non-hydrogen) atoms. The van der Waals surface area contributed by atoms with Crippen LogP contribution in [-0.2, 0) is 0 Å². The van der Waals surface area contributed by atoms with E-state index in [0.717, 1.165) is 44.9 Å². The van der Waals surface area contributed by atoms with Crippen molar-refractivity contribution in [2.75, 3.05) is 0 Å². The van der Waals surface area contributed by atoms with E-state index in [-0.39, 0.29) is 0 Å². The molecule has 330 valence electrons. The van der Waals surface area contributed by atoms with Gasteiger partial charge in [-0.3, -0.25) is 0 Å². The molecule has 0 bridgehead atoms. The maximum absolute atomic E-state index is 5.20. The quantitative estimate of drug-likeness (QED) is 0.118. The first-order valence-corrected chi connectivity index (χ1v) is 24.3. The highest BCUT2D eigenvalue weighted by Gasteiger charge is 2.18. The molecule has 3 nitrogen and oxygen atoms in total. The molecule has 0 aliphatic carbocycles. The summed E-state index contributed by atoms with van der Waals surface area (Å²) >= 11 is 0. The van der Waals surface area contributed by atoms with Crippen molar-refractivity contribution < 1.29 is 0 Å². The molecule has 2 aromatic heterocycles. The van der Waals surface area contributed by atoms with E-state index in [0.29, 0.717) is 5.82 Å². The average Bonchev–Trinajstić information content (AvgIpc) is 3.79. The molecule has 0 atom stereocenters. The minimum absolute atomic E-state index is 0.694. The highest BCUT2D eigenvalue weighted by molar-refractivity contribution is 6.23. The molecular formula is C68H43N3. The van der Waals surface area contributed by atoms with E-state index in [2.05, 4.69) is 247 Å². The van der Waals surface area contributed by atoms with Crippen LogP contribution >= 0.6 is 0 Å². The molecule has 3 heteroatoms. The molecule has 0 radical (unpaired) electrons. The van der Waals surface area contributed by atoms with Crippen LogP contribution in [0.3, 0.4) is 0 Å². The molecule has 0 saturated heterocycles. The molecule has 0 amide bonds. The molecule has 12 aromatic carbocycles. The van der Waals surface area contributed by atoms with Gasteiger partial charge in [-0.1, -0.05) is 224 Å². The number of hydrogen-bond acceptors (Lipinski definition) is 2. The fourth-order valence-electron chi connectivity index (χ4n) is 11.0. The Morgan fingerprint density at radius 3 is 1.48 bits per heavy atom. The second kappa shape index (κ2) is 16.7. The molecule has 0 aliphatic heterocycles. The van der Waals surface area contributed by atoms with Crippen molar-refractivity contribution in [2.45, 2.75) is 0 Å². The van der Waals surface area contributed by atoms with Gasteiger partial charge in [0.05, 0.1) is 22.4 Å². The van der Waals surface area contributed by atoms with E-state index < -0.39 is 0 Å². The van der Waals surface area contributed by atoms with E-state index in [9.17, 15) is 0 Å². The van der Waals surface area contributed by atoms with Crippen LogP contribution in [0.5, 0.6) is 0 Å². The zero-order valence-electron chi connectivity index (χ0n) is 38.7. The summed E-state index contributed by atoms with van der Waals surface area (Å²) in [5.74, 6) is 0.694. The van der Waals surface area contributed by atoms with Gasteiger partial charge in [-0.2, -0.15) is 0 Å². The van der Waals surface area contributed by atoms with Crippen LogP contribution in [0, 0.1) is 0 Å². The Balaban J connectivity index is 0.809. The molecule has 0 aliphatic rings. The first-order chi connectivity index (χ1) is 35.2. The van der Waals surface area contributed by atoms with E-state index in [1.54, 1.807) is 0 Å². The third-order valence-corrected chi connectivity index (χ3v) is 14.4. The predicted octanol–water partition coefficient (Wildman–Crippen LogP) is 18.2. The molecule has 0 unspecified atom stereocenters. The largest absolute Gasteiger partial charge is 0.309 e. The summed E-state index contributed by atoms with van der Waals surface area (Å²) in [6.07, 6.45) is 0. The number of nitrogens with zero attached hydrogens (tertiary/aromatic N) is 3. The molecule has 0 N–H and O–H groups in total. The molecule has 0 fully saturated rings. The van der Waals surface area contributed by atoms with Crippen molar-refractivity contribution in [3.05, 3.63) is 261 Å². The summed E-state index contributed by atoms with van der Waals surface area (Å²) in [6, 6.07) is 94.2. The predicted molar refractivity (Wildman–Crippen MR) is 299 cm³/mol. The lowest BCUT2D eigenvalue weighted by Crippen LogP contribution is -1.97. The van der Waals surface area contributed by atoms with Crippen LogP contribution in [0.15, 0.2) is 261 Å². The van der Waals surface area contributed by atoms with Crippen LogP contribution < -0.4 is 0 Å². The van der Waals surface area contributed by atoms with Crippen LogP contribution in [0.25, 0.3) is 138 Å². The topological polar surface area (TPSA) is 30.7 Å². The van der Waals surface area contributed by atoms with E-state index in [1.807, 2.05) is 18.2 Å².